The van der Waals surface area contributed by atoms with Crippen molar-refractivity contribution in [1.82, 2.24) is 4.90 Å². The molecule has 36 heavy (non-hydrogen) atoms. The van der Waals surface area contributed by atoms with E-state index < -0.39 is 5.92 Å². The second-order valence-electron chi connectivity index (χ2n) is 9.85. The van der Waals surface area contributed by atoms with Crippen molar-refractivity contribution in [2.24, 2.45) is 5.92 Å². The van der Waals surface area contributed by atoms with E-state index in [0.29, 0.717) is 11.3 Å². The first-order valence-electron chi connectivity index (χ1n) is 13.0. The van der Waals surface area contributed by atoms with Crippen LogP contribution >= 0.6 is 0 Å². The van der Waals surface area contributed by atoms with Gasteiger partial charge in [0.2, 0.25) is 5.78 Å². The molecule has 0 bridgehead atoms. The molecule has 0 N–H and O–H groups in total. The molecular weight excluding hydrogens is 446 g/mol. The normalized spacial score (nSPS) is 20.4. The average molecular weight is 480 g/mol. The molecule has 1 aliphatic carbocycles. The fourth-order valence-electron chi connectivity index (χ4n) is 5.81. The smallest absolute Gasteiger partial charge is 0.315 e. The predicted molar refractivity (Wildman–Crippen MR) is 141 cm³/mol. The van der Waals surface area contributed by atoms with Crippen LogP contribution in [0.3, 0.4) is 0 Å². The molecule has 0 saturated heterocycles. The molecule has 4 nitrogen and oxygen atoms in total. The number of allylic oxidation sites excluding steroid dienone is 1. The van der Waals surface area contributed by atoms with Gasteiger partial charge in [0.05, 0.1) is 11.7 Å². The number of ketones is 1. The van der Waals surface area contributed by atoms with Crippen LogP contribution in [0.25, 0.3) is 0 Å². The summed E-state index contributed by atoms with van der Waals surface area (Å²) in [5.74, 6) is -0.833. The van der Waals surface area contributed by atoms with Crippen LogP contribution in [0.15, 0.2) is 102 Å². The van der Waals surface area contributed by atoms with Gasteiger partial charge in [-0.15, -0.1) is 0 Å². The topological polar surface area (TPSA) is 46.6 Å². The van der Waals surface area contributed by atoms with Crippen molar-refractivity contribution < 1.29 is 14.3 Å². The van der Waals surface area contributed by atoms with Gasteiger partial charge in [-0.2, -0.15) is 0 Å². The van der Waals surface area contributed by atoms with Crippen LogP contribution < -0.4 is 0 Å². The average Bonchev–Trinajstić information content (AvgIpc) is 3.26. The largest absolute Gasteiger partial charge is 0.460 e. The summed E-state index contributed by atoms with van der Waals surface area (Å²) in [4.78, 5) is 30.0. The first-order valence-corrected chi connectivity index (χ1v) is 13.0. The Kier molecular flexibility index (Phi) is 7.31. The van der Waals surface area contributed by atoms with Crippen LogP contribution in [0.1, 0.15) is 66.6 Å². The molecule has 0 aromatic heterocycles. The Labute approximate surface area is 213 Å². The molecule has 2 atom stereocenters. The zero-order valence-corrected chi connectivity index (χ0v) is 20.8. The van der Waals surface area contributed by atoms with Crippen molar-refractivity contribution in [3.05, 3.63) is 119 Å². The molecule has 1 heterocycles. The summed E-state index contributed by atoms with van der Waals surface area (Å²) < 4.78 is 5.89. The van der Waals surface area contributed by atoms with Crippen molar-refractivity contribution in [3.63, 3.8) is 0 Å². The Morgan fingerprint density at radius 2 is 1.39 bits per heavy atom. The fraction of sp³-hybridized carbons (Fsp3) is 0.312. The molecule has 2 aliphatic rings. The van der Waals surface area contributed by atoms with E-state index in [-0.39, 0.29) is 30.4 Å². The second kappa shape index (κ2) is 10.9. The number of rotatable bonds is 7. The maximum Gasteiger partial charge on any atom is 0.315 e. The minimum Gasteiger partial charge on any atom is -0.460 e. The van der Waals surface area contributed by atoms with E-state index in [1.807, 2.05) is 85.8 Å². The van der Waals surface area contributed by atoms with Gasteiger partial charge in [0.1, 0.15) is 12.5 Å². The summed E-state index contributed by atoms with van der Waals surface area (Å²) in [5, 5.41) is 0. The number of carbonyl (C=O) groups excluding carboxylic acids is 2. The summed E-state index contributed by atoms with van der Waals surface area (Å²) in [5.41, 5.74) is 4.12. The Balaban J connectivity index is 1.57. The van der Waals surface area contributed by atoms with Crippen molar-refractivity contribution in [1.29, 1.82) is 0 Å². The first-order chi connectivity index (χ1) is 17.6. The lowest BCUT2D eigenvalue weighted by Crippen LogP contribution is -2.40. The van der Waals surface area contributed by atoms with E-state index in [4.69, 9.17) is 4.74 Å². The summed E-state index contributed by atoms with van der Waals surface area (Å²) in [6.45, 7) is 2.17. The van der Waals surface area contributed by atoms with Crippen LogP contribution in [0.4, 0.5) is 0 Å². The van der Waals surface area contributed by atoms with Crippen molar-refractivity contribution in [2.75, 3.05) is 0 Å². The zero-order valence-electron chi connectivity index (χ0n) is 20.8. The number of hydrogen-bond donors (Lipinski definition) is 0. The lowest BCUT2D eigenvalue weighted by Gasteiger charge is -2.40. The predicted octanol–water partition coefficient (Wildman–Crippen LogP) is 6.89. The highest BCUT2D eigenvalue weighted by Crippen LogP contribution is 2.48. The fourth-order valence-corrected chi connectivity index (χ4v) is 5.81. The summed E-state index contributed by atoms with van der Waals surface area (Å²) in [6.07, 6.45) is 5.53. The molecule has 5 rings (SSSR count). The molecule has 1 fully saturated rings. The Hall–Kier alpha value is -3.66. The van der Waals surface area contributed by atoms with Crippen LogP contribution in [-0.4, -0.2) is 22.7 Å². The molecule has 1 aliphatic heterocycles. The molecule has 0 amide bonds. The number of ether oxygens (including phenoxy) is 1. The summed E-state index contributed by atoms with van der Waals surface area (Å²) >= 11 is 0. The number of hydrogen-bond acceptors (Lipinski definition) is 4. The molecule has 3 aromatic carbocycles. The molecule has 0 radical (unpaired) electrons. The van der Waals surface area contributed by atoms with Gasteiger partial charge < -0.3 is 9.64 Å². The maximum atomic E-state index is 14.0. The number of nitrogens with zero attached hydrogens (tertiary/aromatic N) is 1. The van der Waals surface area contributed by atoms with Crippen LogP contribution in [-0.2, 0) is 16.1 Å². The summed E-state index contributed by atoms with van der Waals surface area (Å²) in [7, 11) is 0. The first kappa shape index (κ1) is 24.1. The van der Waals surface area contributed by atoms with Gasteiger partial charge in [-0.1, -0.05) is 110 Å². The number of benzene rings is 3. The van der Waals surface area contributed by atoms with Gasteiger partial charge in [-0.25, -0.2) is 0 Å². The number of esters is 1. The molecule has 1 saturated carbocycles. The SMILES string of the molecule is CC1=C(C(=O)c2ccccc2)N(C2CCCCC2)C(c2ccccc2)C1C(=O)OCc1ccccc1. The van der Waals surface area contributed by atoms with Gasteiger partial charge in [0, 0.05) is 11.6 Å². The minimum absolute atomic E-state index is 0.0158. The van der Waals surface area contributed by atoms with Crippen molar-refractivity contribution in [3.8, 4) is 0 Å². The molecule has 3 aromatic rings. The third-order valence-corrected chi connectivity index (χ3v) is 7.55. The van der Waals surface area contributed by atoms with Crippen LogP contribution in [0.5, 0.6) is 0 Å². The zero-order chi connectivity index (χ0) is 24.9. The standard InChI is InChI=1S/C32H33NO3/c1-23-28(32(35)36-22-24-14-6-2-7-15-24)30(25-16-8-3-9-17-25)33(27-20-12-5-13-21-27)29(23)31(34)26-18-10-4-11-19-26/h2-4,6-11,14-19,27-28,30H,5,12-13,20-22H2,1H3. The van der Waals surface area contributed by atoms with Crippen molar-refractivity contribution >= 4 is 11.8 Å². The van der Waals surface area contributed by atoms with E-state index in [2.05, 4.69) is 17.0 Å². The monoisotopic (exact) mass is 479 g/mol. The highest BCUT2D eigenvalue weighted by molar-refractivity contribution is 6.09. The van der Waals surface area contributed by atoms with Crippen LogP contribution in [0.2, 0.25) is 0 Å². The molecular formula is C32H33NO3. The highest BCUT2D eigenvalue weighted by Gasteiger charge is 2.48. The number of Topliss-reactive ketones (excluding diaryl/α,β-unsaturated/α-hetero) is 1. The van der Waals surface area contributed by atoms with E-state index in [1.165, 1.54) is 6.42 Å². The quantitative estimate of drug-likeness (QED) is 0.273. The maximum absolute atomic E-state index is 14.0. The van der Waals surface area contributed by atoms with E-state index >= 15 is 0 Å². The van der Waals surface area contributed by atoms with E-state index in [1.54, 1.807) is 0 Å². The van der Waals surface area contributed by atoms with Gasteiger partial charge >= 0.3 is 5.97 Å². The van der Waals surface area contributed by atoms with Gasteiger partial charge in [0.25, 0.3) is 0 Å². The Morgan fingerprint density at radius 3 is 2.03 bits per heavy atom. The summed E-state index contributed by atoms with van der Waals surface area (Å²) in [6, 6.07) is 29.3. The van der Waals surface area contributed by atoms with Gasteiger partial charge in [-0.05, 0) is 36.5 Å². The van der Waals surface area contributed by atoms with E-state index in [0.717, 1.165) is 42.4 Å². The number of carbonyl (C=O) groups is 2. The Morgan fingerprint density at radius 1 is 0.806 bits per heavy atom. The second-order valence-corrected chi connectivity index (χ2v) is 9.85. The minimum atomic E-state index is -0.541. The van der Waals surface area contributed by atoms with Gasteiger partial charge in [0.15, 0.2) is 0 Å². The van der Waals surface area contributed by atoms with E-state index in [9.17, 15) is 9.59 Å². The lowest BCUT2D eigenvalue weighted by molar-refractivity contribution is -0.150. The molecule has 184 valence electrons. The third-order valence-electron chi connectivity index (χ3n) is 7.55. The third kappa shape index (κ3) is 4.86. The van der Waals surface area contributed by atoms with Gasteiger partial charge in [-0.3, -0.25) is 9.59 Å². The molecule has 0 spiro atoms. The molecule has 2 unspecified atom stereocenters. The lowest BCUT2D eigenvalue weighted by atomic mass is 9.87. The van der Waals surface area contributed by atoms with Crippen LogP contribution in [0, 0.1) is 5.92 Å². The highest BCUT2D eigenvalue weighted by atomic mass is 16.5. The van der Waals surface area contributed by atoms with Crippen molar-refractivity contribution in [2.45, 2.75) is 57.7 Å². The Bertz CT molecular complexity index is 1210. The molecule has 4 heteroatoms.